The molecule has 4 aromatic rings. The van der Waals surface area contributed by atoms with E-state index in [9.17, 15) is 0 Å². The molecular weight excluding hydrogens is 464 g/mol. The van der Waals surface area contributed by atoms with Gasteiger partial charge >= 0.3 is 0 Å². The summed E-state index contributed by atoms with van der Waals surface area (Å²) in [5.74, 6) is 1.04. The molecule has 0 radical (unpaired) electrons. The average Bonchev–Trinajstić information content (AvgIpc) is 3.43. The molecule has 4 rings (SSSR count). The van der Waals surface area contributed by atoms with Crippen molar-refractivity contribution in [2.75, 3.05) is 43.7 Å². The van der Waals surface area contributed by atoms with Crippen molar-refractivity contribution in [2.45, 2.75) is 44.8 Å². The molecule has 2 heterocycles. The third kappa shape index (κ3) is 6.32. The molecule has 0 aliphatic carbocycles. The van der Waals surface area contributed by atoms with Crippen LogP contribution in [0, 0.1) is 13.8 Å². The monoisotopic (exact) mass is 502 g/mol. The number of nitrogens with zero attached hydrogens (tertiary/aromatic N) is 5. The molecule has 2 aromatic carbocycles. The number of unbranched alkanes of at least 4 members (excludes halogenated alkanes) is 2. The van der Waals surface area contributed by atoms with Gasteiger partial charge in [0.2, 0.25) is 0 Å². The van der Waals surface area contributed by atoms with E-state index in [1.165, 1.54) is 23.5 Å². The minimum absolute atomic E-state index is 0.979. The van der Waals surface area contributed by atoms with Gasteiger partial charge in [-0.05, 0) is 57.0 Å². The third-order valence-corrected chi connectivity index (χ3v) is 7.33. The lowest BCUT2D eigenvalue weighted by atomic mass is 10.0. The Bertz CT molecular complexity index is 1180. The Kier molecular flexibility index (Phi) is 8.41. The van der Waals surface area contributed by atoms with Gasteiger partial charge in [0, 0.05) is 68.7 Å². The minimum atomic E-state index is 0.979. The summed E-state index contributed by atoms with van der Waals surface area (Å²) < 4.78 is 2.12. The molecule has 0 saturated carbocycles. The number of nitrogens with one attached hydrogen (secondary N) is 1. The largest absolute Gasteiger partial charge is 0.378 e. The van der Waals surface area contributed by atoms with E-state index in [4.69, 9.17) is 4.98 Å². The van der Waals surface area contributed by atoms with Crippen LogP contribution >= 0.6 is 11.8 Å². The number of aromatic nitrogens is 4. The van der Waals surface area contributed by atoms with Crippen LogP contribution in [-0.4, -0.2) is 53.7 Å². The van der Waals surface area contributed by atoms with Crippen molar-refractivity contribution >= 4 is 23.1 Å². The smallest absolute Gasteiger partial charge is 0.166 e. The molecule has 0 amide bonds. The van der Waals surface area contributed by atoms with Crippen molar-refractivity contribution in [1.82, 2.24) is 19.7 Å². The van der Waals surface area contributed by atoms with E-state index < -0.39 is 0 Å². The molecule has 2 aromatic heterocycles. The average molecular weight is 503 g/mol. The number of aryl methyl sites for hydroxylation is 3. The number of thioether (sulfide) groups is 1. The number of aromatic amines is 1. The predicted octanol–water partition coefficient (Wildman–Crippen LogP) is 6.65. The summed E-state index contributed by atoms with van der Waals surface area (Å²) in [5.41, 5.74) is 9.06. The maximum atomic E-state index is 5.04. The topological polar surface area (TPSA) is 53.0 Å². The van der Waals surface area contributed by atoms with Gasteiger partial charge in [-0.15, -0.1) is 0 Å². The molecule has 190 valence electrons. The van der Waals surface area contributed by atoms with Crippen LogP contribution in [0.2, 0.25) is 0 Å². The number of H-pyrrole nitrogens is 1. The van der Waals surface area contributed by atoms with E-state index in [1.54, 1.807) is 0 Å². The molecule has 0 bridgehead atoms. The first-order valence-corrected chi connectivity index (χ1v) is 13.6. The van der Waals surface area contributed by atoms with Gasteiger partial charge in [0.05, 0.1) is 17.1 Å². The van der Waals surface area contributed by atoms with Crippen LogP contribution in [0.15, 0.2) is 59.8 Å². The minimum Gasteiger partial charge on any atom is -0.378 e. The predicted molar refractivity (Wildman–Crippen MR) is 154 cm³/mol. The highest BCUT2D eigenvalue weighted by Gasteiger charge is 2.15. The highest BCUT2D eigenvalue weighted by Crippen LogP contribution is 2.34. The van der Waals surface area contributed by atoms with E-state index >= 15 is 0 Å². The lowest BCUT2D eigenvalue weighted by molar-refractivity contribution is 0.541. The number of imidazole rings is 1. The first kappa shape index (κ1) is 25.9. The second kappa shape index (κ2) is 11.7. The molecule has 0 spiro atoms. The summed E-state index contributed by atoms with van der Waals surface area (Å²) in [5, 5.41) is 5.55. The fraction of sp³-hybridized carbons (Fsp3) is 0.379. The van der Waals surface area contributed by atoms with Crippen LogP contribution in [0.25, 0.3) is 22.5 Å². The fourth-order valence-corrected chi connectivity index (χ4v) is 5.16. The summed E-state index contributed by atoms with van der Waals surface area (Å²) in [6, 6.07) is 19.4. The van der Waals surface area contributed by atoms with Gasteiger partial charge < -0.3 is 14.8 Å². The molecule has 0 atom stereocenters. The van der Waals surface area contributed by atoms with Crippen LogP contribution < -0.4 is 9.80 Å². The van der Waals surface area contributed by atoms with Crippen LogP contribution in [-0.2, 0) is 6.54 Å². The van der Waals surface area contributed by atoms with E-state index in [1.807, 2.05) is 11.8 Å². The normalized spacial score (nSPS) is 11.2. The Hall–Kier alpha value is -3.19. The molecule has 0 saturated heterocycles. The second-order valence-electron chi connectivity index (χ2n) is 9.71. The molecule has 0 aliphatic rings. The van der Waals surface area contributed by atoms with Crippen molar-refractivity contribution in [3.8, 4) is 22.5 Å². The van der Waals surface area contributed by atoms with Crippen LogP contribution in [0.1, 0.15) is 30.7 Å². The van der Waals surface area contributed by atoms with E-state index in [2.05, 4.69) is 121 Å². The van der Waals surface area contributed by atoms with Crippen molar-refractivity contribution in [1.29, 1.82) is 0 Å². The second-order valence-corrected chi connectivity index (χ2v) is 10.8. The van der Waals surface area contributed by atoms with Crippen molar-refractivity contribution in [3.05, 3.63) is 66.0 Å². The highest BCUT2D eigenvalue weighted by molar-refractivity contribution is 7.99. The van der Waals surface area contributed by atoms with Crippen LogP contribution in [0.3, 0.4) is 0 Å². The molecule has 0 aliphatic heterocycles. The fourth-order valence-electron chi connectivity index (χ4n) is 4.29. The van der Waals surface area contributed by atoms with Gasteiger partial charge in [-0.1, -0.05) is 42.4 Å². The molecule has 0 unspecified atom stereocenters. The molecule has 7 heteroatoms. The molecule has 1 N–H and O–H groups in total. The summed E-state index contributed by atoms with van der Waals surface area (Å²) in [6.07, 6.45) is 3.49. The third-order valence-electron chi connectivity index (χ3n) is 6.37. The SMILES string of the molecule is Cc1cc(C)n(CCCCCSc2nc(-c3ccc(N(C)C)cc3)c(-c3ccc(N(C)C)cc3)[nH]2)n1. The lowest BCUT2D eigenvalue weighted by Gasteiger charge is -2.13. The quantitative estimate of drug-likeness (QED) is 0.184. The highest BCUT2D eigenvalue weighted by atomic mass is 32.2. The van der Waals surface area contributed by atoms with Gasteiger partial charge in [0.15, 0.2) is 5.16 Å². The number of hydrogen-bond acceptors (Lipinski definition) is 5. The summed E-state index contributed by atoms with van der Waals surface area (Å²) >= 11 is 1.81. The van der Waals surface area contributed by atoms with Gasteiger partial charge in [0.1, 0.15) is 0 Å². The Labute approximate surface area is 219 Å². The zero-order chi connectivity index (χ0) is 25.7. The Morgan fingerprint density at radius 1 is 0.806 bits per heavy atom. The van der Waals surface area contributed by atoms with Crippen molar-refractivity contribution < 1.29 is 0 Å². The van der Waals surface area contributed by atoms with Gasteiger partial charge in [0.25, 0.3) is 0 Å². The standard InChI is InChI=1S/C29H38N6S/c1-21-20-22(2)35(32-21)18-8-7-9-19-36-29-30-27(23-10-14-25(15-11-23)33(3)4)28(31-29)24-12-16-26(17-13-24)34(5)6/h10-17,20H,7-9,18-19H2,1-6H3,(H,30,31). The molecule has 6 nitrogen and oxygen atoms in total. The summed E-state index contributed by atoms with van der Waals surface area (Å²) in [6.45, 7) is 5.18. The molecule has 0 fully saturated rings. The summed E-state index contributed by atoms with van der Waals surface area (Å²) in [4.78, 5) is 12.9. The number of hydrogen-bond donors (Lipinski definition) is 1. The number of benzene rings is 2. The van der Waals surface area contributed by atoms with E-state index in [-0.39, 0.29) is 0 Å². The van der Waals surface area contributed by atoms with Gasteiger partial charge in [-0.2, -0.15) is 5.10 Å². The Morgan fingerprint density at radius 2 is 1.42 bits per heavy atom. The lowest BCUT2D eigenvalue weighted by Crippen LogP contribution is -2.08. The summed E-state index contributed by atoms with van der Waals surface area (Å²) in [7, 11) is 8.25. The Morgan fingerprint density at radius 3 is 1.97 bits per heavy atom. The zero-order valence-corrected chi connectivity index (χ0v) is 23.2. The van der Waals surface area contributed by atoms with Crippen LogP contribution in [0.5, 0.6) is 0 Å². The van der Waals surface area contributed by atoms with Gasteiger partial charge in [-0.3, -0.25) is 4.68 Å². The van der Waals surface area contributed by atoms with Crippen LogP contribution in [0.4, 0.5) is 11.4 Å². The molecule has 36 heavy (non-hydrogen) atoms. The maximum absolute atomic E-state index is 5.04. The van der Waals surface area contributed by atoms with E-state index in [0.29, 0.717) is 0 Å². The van der Waals surface area contributed by atoms with Crippen molar-refractivity contribution in [3.63, 3.8) is 0 Å². The molecular formula is C29H38N6S. The number of rotatable bonds is 11. The van der Waals surface area contributed by atoms with E-state index in [0.717, 1.165) is 58.5 Å². The first-order valence-electron chi connectivity index (χ1n) is 12.6. The first-order chi connectivity index (χ1) is 17.3. The zero-order valence-electron chi connectivity index (χ0n) is 22.4. The van der Waals surface area contributed by atoms with Crippen molar-refractivity contribution in [2.24, 2.45) is 0 Å². The number of anilines is 2. The Balaban J connectivity index is 1.45. The maximum Gasteiger partial charge on any atom is 0.166 e. The van der Waals surface area contributed by atoms with Gasteiger partial charge in [-0.25, -0.2) is 4.98 Å².